The quantitative estimate of drug-likeness (QED) is 0.781. The number of nitrogens with one attached hydrogen (secondary N) is 2. The van der Waals surface area contributed by atoms with E-state index in [1.807, 2.05) is 0 Å². The molecule has 0 saturated heterocycles. The number of nitrogens with two attached hydrogens (primary N) is 1. The second kappa shape index (κ2) is 6.52. The van der Waals surface area contributed by atoms with Crippen molar-refractivity contribution in [3.05, 3.63) is 29.8 Å². The lowest BCUT2D eigenvalue weighted by Gasteiger charge is -2.27. The summed E-state index contributed by atoms with van der Waals surface area (Å²) in [6.45, 7) is 0. The summed E-state index contributed by atoms with van der Waals surface area (Å²) in [5.74, 6) is -0.469. The van der Waals surface area contributed by atoms with Crippen molar-refractivity contribution in [1.82, 2.24) is 5.32 Å². The van der Waals surface area contributed by atoms with Crippen molar-refractivity contribution in [1.29, 1.82) is 0 Å². The van der Waals surface area contributed by atoms with E-state index in [1.54, 1.807) is 31.3 Å². The predicted octanol–water partition coefficient (Wildman–Crippen LogP) is 1.50. The van der Waals surface area contributed by atoms with Gasteiger partial charge in [-0.05, 0) is 25.0 Å². The van der Waals surface area contributed by atoms with Gasteiger partial charge in [0.2, 0.25) is 5.91 Å². The Kier molecular flexibility index (Phi) is 4.74. The van der Waals surface area contributed by atoms with Gasteiger partial charge in [-0.2, -0.15) is 0 Å². The molecule has 2 rings (SSSR count). The normalized spacial score (nSPS) is 22.1. The number of para-hydroxylation sites is 1. The average Bonchev–Trinajstić information content (AvgIpc) is 2.47. The van der Waals surface area contributed by atoms with E-state index < -0.39 is 0 Å². The predicted molar refractivity (Wildman–Crippen MR) is 78.4 cm³/mol. The molecule has 0 spiro atoms. The summed E-state index contributed by atoms with van der Waals surface area (Å²) in [4.78, 5) is 24.1. The van der Waals surface area contributed by atoms with Crippen molar-refractivity contribution in [2.24, 2.45) is 11.7 Å². The molecule has 0 aliphatic heterocycles. The van der Waals surface area contributed by atoms with Gasteiger partial charge in [0.1, 0.15) is 0 Å². The van der Waals surface area contributed by atoms with Gasteiger partial charge in [-0.3, -0.25) is 9.59 Å². The second-order valence-electron chi connectivity index (χ2n) is 5.17. The van der Waals surface area contributed by atoms with E-state index in [0.29, 0.717) is 11.3 Å². The second-order valence-corrected chi connectivity index (χ2v) is 5.17. The highest BCUT2D eigenvalue weighted by Gasteiger charge is 2.28. The lowest BCUT2D eigenvalue weighted by molar-refractivity contribution is -0.121. The van der Waals surface area contributed by atoms with Crippen molar-refractivity contribution in [3.63, 3.8) is 0 Å². The van der Waals surface area contributed by atoms with E-state index in [9.17, 15) is 9.59 Å². The molecule has 0 radical (unpaired) electrons. The van der Waals surface area contributed by atoms with Crippen LogP contribution in [-0.2, 0) is 4.79 Å². The molecule has 0 heterocycles. The summed E-state index contributed by atoms with van der Waals surface area (Å²) in [6, 6.07) is 6.90. The molecule has 1 aliphatic carbocycles. The van der Waals surface area contributed by atoms with Gasteiger partial charge >= 0.3 is 0 Å². The van der Waals surface area contributed by atoms with E-state index in [0.717, 1.165) is 25.7 Å². The van der Waals surface area contributed by atoms with Crippen LogP contribution in [0.25, 0.3) is 0 Å². The zero-order chi connectivity index (χ0) is 14.5. The molecule has 0 aromatic heterocycles. The molecular formula is C15H21N3O2. The standard InChI is InChI=1S/C15H21N3O2/c1-17-14(19)11-7-3-5-9-13(11)18-15(20)10-6-2-4-8-12(10)16/h3,5,7,9-10,12H,2,4,6,8,16H2,1H3,(H,17,19)(H,18,20). The number of carbonyl (C=O) groups excluding carboxylic acids is 2. The first kappa shape index (κ1) is 14.5. The summed E-state index contributed by atoms with van der Waals surface area (Å²) in [5.41, 5.74) is 7.02. The maximum atomic E-state index is 12.3. The number of carbonyl (C=O) groups is 2. The molecule has 20 heavy (non-hydrogen) atoms. The van der Waals surface area contributed by atoms with E-state index in [1.165, 1.54) is 0 Å². The largest absolute Gasteiger partial charge is 0.355 e. The Morgan fingerprint density at radius 3 is 2.60 bits per heavy atom. The molecule has 2 atom stereocenters. The highest BCUT2D eigenvalue weighted by molar-refractivity contribution is 6.04. The topological polar surface area (TPSA) is 84.2 Å². The Bertz CT molecular complexity index is 502. The highest BCUT2D eigenvalue weighted by Crippen LogP contribution is 2.25. The zero-order valence-electron chi connectivity index (χ0n) is 11.7. The van der Waals surface area contributed by atoms with Gasteiger partial charge in [0.25, 0.3) is 5.91 Å². The minimum Gasteiger partial charge on any atom is -0.355 e. The number of hydrogen-bond acceptors (Lipinski definition) is 3. The van der Waals surface area contributed by atoms with Crippen LogP contribution in [0.15, 0.2) is 24.3 Å². The van der Waals surface area contributed by atoms with Crippen LogP contribution in [0.3, 0.4) is 0 Å². The Hall–Kier alpha value is -1.88. The lowest BCUT2D eigenvalue weighted by atomic mass is 9.84. The number of rotatable bonds is 3. The molecule has 1 aliphatic rings. The van der Waals surface area contributed by atoms with Crippen LogP contribution in [0.4, 0.5) is 5.69 Å². The van der Waals surface area contributed by atoms with Gasteiger partial charge in [0.15, 0.2) is 0 Å². The summed E-state index contributed by atoms with van der Waals surface area (Å²) in [5, 5.41) is 5.41. The third-order valence-corrected chi connectivity index (χ3v) is 3.81. The molecule has 5 nitrogen and oxygen atoms in total. The third-order valence-electron chi connectivity index (χ3n) is 3.81. The van der Waals surface area contributed by atoms with Crippen molar-refractivity contribution < 1.29 is 9.59 Å². The summed E-state index contributed by atoms with van der Waals surface area (Å²) < 4.78 is 0. The average molecular weight is 275 g/mol. The van der Waals surface area contributed by atoms with Gasteiger partial charge in [0.05, 0.1) is 17.2 Å². The molecule has 1 aromatic rings. The van der Waals surface area contributed by atoms with Gasteiger partial charge < -0.3 is 16.4 Å². The zero-order valence-corrected chi connectivity index (χ0v) is 11.7. The van der Waals surface area contributed by atoms with Crippen LogP contribution in [0.2, 0.25) is 0 Å². The Morgan fingerprint density at radius 1 is 1.20 bits per heavy atom. The maximum absolute atomic E-state index is 12.3. The Labute approximate surface area is 118 Å². The van der Waals surface area contributed by atoms with Gasteiger partial charge in [-0.15, -0.1) is 0 Å². The smallest absolute Gasteiger partial charge is 0.253 e. The molecule has 5 heteroatoms. The molecule has 108 valence electrons. The molecule has 1 fully saturated rings. The fourth-order valence-electron chi connectivity index (χ4n) is 2.64. The van der Waals surface area contributed by atoms with Gasteiger partial charge in [-0.1, -0.05) is 25.0 Å². The van der Waals surface area contributed by atoms with Gasteiger partial charge in [-0.25, -0.2) is 0 Å². The van der Waals surface area contributed by atoms with E-state index in [-0.39, 0.29) is 23.8 Å². The molecule has 2 unspecified atom stereocenters. The first-order valence-electron chi connectivity index (χ1n) is 7.01. The third kappa shape index (κ3) is 3.17. The van der Waals surface area contributed by atoms with Crippen LogP contribution in [0.5, 0.6) is 0 Å². The summed E-state index contributed by atoms with van der Waals surface area (Å²) in [7, 11) is 1.57. The van der Waals surface area contributed by atoms with Crippen LogP contribution in [0.1, 0.15) is 36.0 Å². The minimum atomic E-state index is -0.214. The first-order valence-corrected chi connectivity index (χ1v) is 7.01. The highest BCUT2D eigenvalue weighted by atomic mass is 16.2. The van der Waals surface area contributed by atoms with Gasteiger partial charge in [0, 0.05) is 13.1 Å². The van der Waals surface area contributed by atoms with Crippen molar-refractivity contribution in [2.45, 2.75) is 31.7 Å². The number of hydrogen-bond donors (Lipinski definition) is 3. The van der Waals surface area contributed by atoms with Crippen molar-refractivity contribution in [2.75, 3.05) is 12.4 Å². The van der Waals surface area contributed by atoms with Crippen LogP contribution >= 0.6 is 0 Å². The minimum absolute atomic E-state index is 0.0871. The fraction of sp³-hybridized carbons (Fsp3) is 0.467. The van der Waals surface area contributed by atoms with E-state index in [4.69, 9.17) is 5.73 Å². The SMILES string of the molecule is CNC(=O)c1ccccc1NC(=O)C1CCCCC1N. The van der Waals surface area contributed by atoms with Crippen LogP contribution in [-0.4, -0.2) is 24.9 Å². The van der Waals surface area contributed by atoms with Crippen LogP contribution < -0.4 is 16.4 Å². The molecule has 0 bridgehead atoms. The number of benzene rings is 1. The Balaban J connectivity index is 2.13. The maximum Gasteiger partial charge on any atom is 0.253 e. The number of anilines is 1. The molecule has 1 saturated carbocycles. The molecule has 2 amide bonds. The first-order chi connectivity index (χ1) is 9.63. The molecule has 4 N–H and O–H groups in total. The van der Waals surface area contributed by atoms with Crippen molar-refractivity contribution in [3.8, 4) is 0 Å². The van der Waals surface area contributed by atoms with Crippen LogP contribution in [0, 0.1) is 5.92 Å². The fourth-order valence-corrected chi connectivity index (χ4v) is 2.64. The molecular weight excluding hydrogens is 254 g/mol. The monoisotopic (exact) mass is 275 g/mol. The Morgan fingerprint density at radius 2 is 1.90 bits per heavy atom. The molecule has 1 aromatic carbocycles. The number of amides is 2. The van der Waals surface area contributed by atoms with Crippen molar-refractivity contribution >= 4 is 17.5 Å². The lowest BCUT2D eigenvalue weighted by Crippen LogP contribution is -2.41. The summed E-state index contributed by atoms with van der Waals surface area (Å²) >= 11 is 0. The van der Waals surface area contributed by atoms with E-state index in [2.05, 4.69) is 10.6 Å². The summed E-state index contributed by atoms with van der Waals surface area (Å²) in [6.07, 6.45) is 3.81. The van der Waals surface area contributed by atoms with E-state index >= 15 is 0 Å².